The maximum absolute atomic E-state index is 12.6. The van der Waals surface area contributed by atoms with E-state index in [1.165, 1.54) is 6.42 Å². The highest BCUT2D eigenvalue weighted by Crippen LogP contribution is 2.47. The van der Waals surface area contributed by atoms with Gasteiger partial charge < -0.3 is 4.74 Å². The fourth-order valence-corrected chi connectivity index (χ4v) is 3.32. The summed E-state index contributed by atoms with van der Waals surface area (Å²) in [5, 5.41) is 0. The van der Waals surface area contributed by atoms with E-state index in [4.69, 9.17) is 9.73 Å². The van der Waals surface area contributed by atoms with Crippen LogP contribution in [0.4, 0.5) is 5.69 Å². The predicted molar refractivity (Wildman–Crippen MR) is 74.9 cm³/mol. The summed E-state index contributed by atoms with van der Waals surface area (Å²) >= 11 is 0. The molecule has 3 heteroatoms. The van der Waals surface area contributed by atoms with Crippen LogP contribution in [0.3, 0.4) is 0 Å². The molecule has 3 rings (SSSR count). The molecular weight excluding hydrogens is 238 g/mol. The second-order valence-corrected chi connectivity index (χ2v) is 5.26. The third-order valence-corrected chi connectivity index (χ3v) is 4.20. The molecule has 0 N–H and O–H groups in total. The maximum Gasteiger partial charge on any atom is 0.322 e. The Bertz CT molecular complexity index is 535. The lowest BCUT2D eigenvalue weighted by Crippen LogP contribution is -2.42. The third-order valence-electron chi connectivity index (χ3n) is 4.20. The largest absolute Gasteiger partial charge is 0.465 e. The lowest BCUT2D eigenvalue weighted by Gasteiger charge is -2.28. The first-order chi connectivity index (χ1) is 9.29. The van der Waals surface area contributed by atoms with Gasteiger partial charge in [-0.05, 0) is 32.3 Å². The summed E-state index contributed by atoms with van der Waals surface area (Å²) in [7, 11) is 0. The van der Waals surface area contributed by atoms with E-state index >= 15 is 0 Å². The number of ether oxygens (including phenoxy) is 1. The first-order valence-electron chi connectivity index (χ1n) is 7.14. The van der Waals surface area contributed by atoms with Crippen molar-refractivity contribution in [3.63, 3.8) is 0 Å². The van der Waals surface area contributed by atoms with E-state index in [1.54, 1.807) is 0 Å². The van der Waals surface area contributed by atoms with Crippen molar-refractivity contribution in [1.82, 2.24) is 0 Å². The van der Waals surface area contributed by atoms with Gasteiger partial charge in [-0.3, -0.25) is 9.79 Å². The summed E-state index contributed by atoms with van der Waals surface area (Å²) in [5.41, 5.74) is 2.42. The van der Waals surface area contributed by atoms with E-state index in [0.29, 0.717) is 6.61 Å². The van der Waals surface area contributed by atoms with Gasteiger partial charge in [-0.2, -0.15) is 0 Å². The highest BCUT2D eigenvalue weighted by Gasteiger charge is 2.50. The minimum atomic E-state index is -0.594. The minimum absolute atomic E-state index is 0.111. The van der Waals surface area contributed by atoms with Crippen LogP contribution in [0.2, 0.25) is 0 Å². The zero-order chi connectivity index (χ0) is 13.3. The van der Waals surface area contributed by atoms with Gasteiger partial charge >= 0.3 is 5.97 Å². The summed E-state index contributed by atoms with van der Waals surface area (Å²) in [5.74, 6) is -0.111. The molecule has 1 aliphatic heterocycles. The Morgan fingerprint density at radius 3 is 3.00 bits per heavy atom. The van der Waals surface area contributed by atoms with Crippen LogP contribution in [-0.2, 0) is 14.9 Å². The molecule has 1 atom stereocenters. The fraction of sp³-hybridized carbons (Fsp3) is 0.500. The van der Waals surface area contributed by atoms with Crippen molar-refractivity contribution in [2.24, 2.45) is 4.99 Å². The minimum Gasteiger partial charge on any atom is -0.465 e. The molecule has 19 heavy (non-hydrogen) atoms. The predicted octanol–water partition coefficient (Wildman–Crippen LogP) is 3.54. The number of hydrogen-bond acceptors (Lipinski definition) is 3. The highest BCUT2D eigenvalue weighted by molar-refractivity contribution is 6.16. The van der Waals surface area contributed by atoms with Gasteiger partial charge in [0, 0.05) is 11.3 Å². The molecule has 1 heterocycles. The van der Waals surface area contributed by atoms with Gasteiger partial charge in [-0.15, -0.1) is 0 Å². The standard InChI is InChI=1S/C16H19NO2/c1-2-19-15(18)16-11-7-3-4-10-14(16)17-13-9-6-5-8-12(13)16/h5-6,8-9H,2-4,7,10-11H2,1H3. The Kier molecular flexibility index (Phi) is 3.13. The van der Waals surface area contributed by atoms with Crippen molar-refractivity contribution in [2.75, 3.05) is 6.61 Å². The first kappa shape index (κ1) is 12.4. The number of esters is 1. The van der Waals surface area contributed by atoms with Crippen LogP contribution in [-0.4, -0.2) is 18.3 Å². The molecule has 1 aromatic rings. The molecule has 1 saturated carbocycles. The molecule has 1 aromatic carbocycles. The Hall–Kier alpha value is -1.64. The van der Waals surface area contributed by atoms with Gasteiger partial charge in [0.25, 0.3) is 0 Å². The molecule has 0 saturated heterocycles. The quantitative estimate of drug-likeness (QED) is 0.760. The van der Waals surface area contributed by atoms with E-state index in [-0.39, 0.29) is 5.97 Å². The zero-order valence-electron chi connectivity index (χ0n) is 11.3. The van der Waals surface area contributed by atoms with Crippen molar-refractivity contribution >= 4 is 17.4 Å². The van der Waals surface area contributed by atoms with Gasteiger partial charge in [0.05, 0.1) is 12.3 Å². The van der Waals surface area contributed by atoms with Crippen molar-refractivity contribution in [3.8, 4) is 0 Å². The second-order valence-electron chi connectivity index (χ2n) is 5.26. The normalized spacial score (nSPS) is 25.0. The number of aliphatic imine (C=N–C) groups is 1. The van der Waals surface area contributed by atoms with Crippen LogP contribution >= 0.6 is 0 Å². The fourth-order valence-electron chi connectivity index (χ4n) is 3.32. The number of fused-ring (bicyclic) bond motifs is 3. The summed E-state index contributed by atoms with van der Waals surface area (Å²) in [6.07, 6.45) is 5.09. The maximum atomic E-state index is 12.6. The second kappa shape index (κ2) is 4.80. The monoisotopic (exact) mass is 257 g/mol. The smallest absolute Gasteiger partial charge is 0.322 e. The molecule has 2 aliphatic rings. The molecule has 0 bridgehead atoms. The summed E-state index contributed by atoms with van der Waals surface area (Å²) in [6.45, 7) is 2.29. The Morgan fingerprint density at radius 1 is 1.32 bits per heavy atom. The summed E-state index contributed by atoms with van der Waals surface area (Å²) in [6, 6.07) is 8.00. The number of nitrogens with zero attached hydrogens (tertiary/aromatic N) is 1. The average molecular weight is 257 g/mol. The molecule has 1 unspecified atom stereocenters. The highest BCUT2D eigenvalue weighted by atomic mass is 16.5. The van der Waals surface area contributed by atoms with Gasteiger partial charge in [-0.1, -0.05) is 31.0 Å². The van der Waals surface area contributed by atoms with E-state index < -0.39 is 5.41 Å². The van der Waals surface area contributed by atoms with Crippen LogP contribution in [0, 0.1) is 0 Å². The average Bonchev–Trinajstić information content (AvgIpc) is 2.59. The van der Waals surface area contributed by atoms with E-state index in [2.05, 4.69) is 0 Å². The molecule has 0 aromatic heterocycles. The van der Waals surface area contributed by atoms with Crippen molar-refractivity contribution in [3.05, 3.63) is 29.8 Å². The van der Waals surface area contributed by atoms with Crippen LogP contribution in [0.1, 0.15) is 44.6 Å². The number of hydrogen-bond donors (Lipinski definition) is 0. The van der Waals surface area contributed by atoms with Crippen molar-refractivity contribution in [2.45, 2.75) is 44.4 Å². The zero-order valence-corrected chi connectivity index (χ0v) is 11.3. The molecule has 100 valence electrons. The van der Waals surface area contributed by atoms with Gasteiger partial charge in [0.1, 0.15) is 5.41 Å². The number of para-hydroxylation sites is 1. The van der Waals surface area contributed by atoms with E-state index in [9.17, 15) is 4.79 Å². The summed E-state index contributed by atoms with van der Waals surface area (Å²) < 4.78 is 5.38. The van der Waals surface area contributed by atoms with Crippen molar-refractivity contribution < 1.29 is 9.53 Å². The third kappa shape index (κ3) is 1.79. The molecule has 1 fully saturated rings. The van der Waals surface area contributed by atoms with Crippen LogP contribution in [0.5, 0.6) is 0 Å². The van der Waals surface area contributed by atoms with Crippen molar-refractivity contribution in [1.29, 1.82) is 0 Å². The Balaban J connectivity index is 2.13. The number of rotatable bonds is 2. The SMILES string of the molecule is CCOC(=O)C12CCCCCC1=Nc1ccccc12. The molecule has 0 radical (unpaired) electrons. The lowest BCUT2D eigenvalue weighted by atomic mass is 9.74. The topological polar surface area (TPSA) is 38.7 Å². The first-order valence-corrected chi connectivity index (χ1v) is 7.14. The van der Waals surface area contributed by atoms with Gasteiger partial charge in [-0.25, -0.2) is 0 Å². The summed E-state index contributed by atoms with van der Waals surface area (Å²) in [4.78, 5) is 17.3. The van der Waals surface area contributed by atoms with E-state index in [1.807, 2.05) is 31.2 Å². The lowest BCUT2D eigenvalue weighted by molar-refractivity contribution is -0.147. The number of carbonyl (C=O) groups is 1. The molecule has 3 nitrogen and oxygen atoms in total. The van der Waals surface area contributed by atoms with Crippen LogP contribution in [0.15, 0.2) is 29.3 Å². The number of benzene rings is 1. The van der Waals surface area contributed by atoms with Crippen LogP contribution < -0.4 is 0 Å². The Labute approximate surface area is 113 Å². The Morgan fingerprint density at radius 2 is 2.16 bits per heavy atom. The molecule has 0 spiro atoms. The number of carbonyl (C=O) groups excluding carboxylic acids is 1. The van der Waals surface area contributed by atoms with E-state index in [0.717, 1.165) is 42.6 Å². The molecule has 1 aliphatic carbocycles. The van der Waals surface area contributed by atoms with Gasteiger partial charge in [0.15, 0.2) is 0 Å². The van der Waals surface area contributed by atoms with Gasteiger partial charge in [0.2, 0.25) is 0 Å². The molecular formula is C16H19NO2. The molecule has 0 amide bonds. The van der Waals surface area contributed by atoms with Crippen LogP contribution in [0.25, 0.3) is 0 Å².